The van der Waals surface area contributed by atoms with E-state index in [1.165, 1.54) is 0 Å². The van der Waals surface area contributed by atoms with Crippen LogP contribution in [-0.4, -0.2) is 37.8 Å². The Bertz CT molecular complexity index is 347. The van der Waals surface area contributed by atoms with E-state index in [-0.39, 0.29) is 0 Å². The van der Waals surface area contributed by atoms with Gasteiger partial charge in [-0.1, -0.05) is 27.7 Å². The molecule has 0 saturated carbocycles. The summed E-state index contributed by atoms with van der Waals surface area (Å²) in [5.41, 5.74) is 1.79. The van der Waals surface area contributed by atoms with Crippen LogP contribution in [-0.2, 0) is 9.22 Å². The first-order chi connectivity index (χ1) is 7.98. The molecule has 0 unspecified atom stereocenters. The van der Waals surface area contributed by atoms with Gasteiger partial charge in [-0.15, -0.1) is 0 Å². The highest BCUT2D eigenvalue weighted by atomic mass is 28.4. The Kier molecular flexibility index (Phi) is 2.46. The Morgan fingerprint density at radius 1 is 1.29 bits per heavy atom. The molecular weight excluding hydrogens is 230 g/mol. The molecule has 17 heavy (non-hydrogen) atoms. The highest BCUT2D eigenvalue weighted by Crippen LogP contribution is 2.58. The second kappa shape index (κ2) is 3.57. The first-order valence-electron chi connectivity index (χ1n) is 6.95. The zero-order chi connectivity index (χ0) is 12.4. The van der Waals surface area contributed by atoms with Crippen LogP contribution >= 0.6 is 0 Å². The van der Waals surface area contributed by atoms with Crippen molar-refractivity contribution in [1.29, 1.82) is 0 Å². The lowest BCUT2D eigenvalue weighted by atomic mass is 10.1. The van der Waals surface area contributed by atoms with Crippen LogP contribution in [0, 0.1) is 0 Å². The lowest BCUT2D eigenvalue weighted by molar-refractivity contribution is -0.128. The van der Waals surface area contributed by atoms with Crippen LogP contribution in [0.25, 0.3) is 0 Å². The number of hydrogen-bond donors (Lipinski definition) is 0. The van der Waals surface area contributed by atoms with Crippen molar-refractivity contribution in [3.8, 4) is 0 Å². The Morgan fingerprint density at radius 2 is 1.94 bits per heavy atom. The minimum atomic E-state index is -1.77. The van der Waals surface area contributed by atoms with Crippen molar-refractivity contribution >= 4 is 14.2 Å². The summed E-state index contributed by atoms with van der Waals surface area (Å²) in [6, 6.07) is 0.443. The molecule has 1 amide bonds. The van der Waals surface area contributed by atoms with Crippen molar-refractivity contribution in [3.63, 3.8) is 0 Å². The highest BCUT2D eigenvalue weighted by Gasteiger charge is 2.66. The van der Waals surface area contributed by atoms with E-state index in [1.54, 1.807) is 0 Å². The zero-order valence-electron chi connectivity index (χ0n) is 11.3. The standard InChI is InChI=1S/C13H23NO2Si/c1-8(2)17(9(3)4)11-7-12(15)14-6-5-10(16-17)13(11)14/h8-11,13H,5-7H2,1-4H3/t10-,11+,13+/m1/s1. The van der Waals surface area contributed by atoms with E-state index in [0.717, 1.165) is 19.4 Å². The van der Waals surface area contributed by atoms with E-state index >= 15 is 0 Å². The summed E-state index contributed by atoms with van der Waals surface area (Å²) in [5.74, 6) is 0.393. The largest absolute Gasteiger partial charge is 0.411 e. The third kappa shape index (κ3) is 1.28. The molecule has 0 aromatic rings. The molecule has 96 valence electrons. The van der Waals surface area contributed by atoms with Gasteiger partial charge in [0, 0.05) is 18.5 Å². The minimum absolute atomic E-state index is 0.364. The first kappa shape index (κ1) is 11.7. The monoisotopic (exact) mass is 253 g/mol. The second-order valence-electron chi connectivity index (χ2n) is 6.50. The summed E-state index contributed by atoms with van der Waals surface area (Å²) in [4.78, 5) is 14.2. The van der Waals surface area contributed by atoms with Crippen LogP contribution in [0.4, 0.5) is 0 Å². The molecule has 3 heterocycles. The maximum absolute atomic E-state index is 12.1. The topological polar surface area (TPSA) is 29.5 Å². The summed E-state index contributed by atoms with van der Waals surface area (Å²) < 4.78 is 6.62. The Hall–Kier alpha value is -0.353. The molecule has 0 aromatic carbocycles. The summed E-state index contributed by atoms with van der Waals surface area (Å²) in [7, 11) is -1.77. The smallest absolute Gasteiger partial charge is 0.223 e. The molecule has 3 rings (SSSR count). The Morgan fingerprint density at radius 3 is 2.53 bits per heavy atom. The third-order valence-corrected chi connectivity index (χ3v) is 11.3. The van der Waals surface area contributed by atoms with Gasteiger partial charge in [0.2, 0.25) is 14.2 Å². The SMILES string of the molecule is CC(C)[Si]1(C(C)C)O[C@@H]2CCN3C(=O)C[C@H]1[C@H]23. The molecule has 0 bridgehead atoms. The molecule has 3 fully saturated rings. The molecular formula is C13H23NO2Si. The molecule has 4 heteroatoms. The fourth-order valence-electron chi connectivity index (χ4n) is 4.68. The molecule has 3 nitrogen and oxygen atoms in total. The molecule has 0 spiro atoms. The Balaban J connectivity index is 2.02. The predicted octanol–water partition coefficient (Wildman–Crippen LogP) is 2.53. The van der Waals surface area contributed by atoms with E-state index in [2.05, 4.69) is 32.6 Å². The fourth-order valence-corrected chi connectivity index (χ4v) is 10.6. The van der Waals surface area contributed by atoms with Crippen molar-refractivity contribution in [2.24, 2.45) is 0 Å². The molecule has 0 aromatic heterocycles. The lowest BCUT2D eigenvalue weighted by Crippen LogP contribution is -2.46. The molecule has 3 atom stereocenters. The normalized spacial score (nSPS) is 38.6. The molecule has 0 radical (unpaired) electrons. The number of amides is 1. The van der Waals surface area contributed by atoms with Crippen LogP contribution in [0.1, 0.15) is 40.5 Å². The van der Waals surface area contributed by atoms with Crippen LogP contribution in [0.15, 0.2) is 0 Å². The van der Waals surface area contributed by atoms with Gasteiger partial charge in [0.25, 0.3) is 0 Å². The minimum Gasteiger partial charge on any atom is -0.411 e. The second-order valence-corrected chi connectivity index (χ2v) is 11.5. The lowest BCUT2D eigenvalue weighted by Gasteiger charge is -2.38. The van der Waals surface area contributed by atoms with Gasteiger partial charge in [-0.2, -0.15) is 0 Å². The maximum Gasteiger partial charge on any atom is 0.223 e. The predicted molar refractivity (Wildman–Crippen MR) is 69.3 cm³/mol. The number of hydrogen-bond acceptors (Lipinski definition) is 2. The van der Waals surface area contributed by atoms with Gasteiger partial charge in [-0.25, -0.2) is 0 Å². The van der Waals surface area contributed by atoms with Crippen LogP contribution in [0.3, 0.4) is 0 Å². The summed E-state index contributed by atoms with van der Waals surface area (Å²) in [6.07, 6.45) is 2.20. The van der Waals surface area contributed by atoms with Crippen LogP contribution in [0.2, 0.25) is 16.6 Å². The van der Waals surface area contributed by atoms with E-state index in [1.807, 2.05) is 0 Å². The quantitative estimate of drug-likeness (QED) is 0.708. The number of carbonyl (C=O) groups is 1. The van der Waals surface area contributed by atoms with Crippen LogP contribution in [0.5, 0.6) is 0 Å². The first-order valence-corrected chi connectivity index (χ1v) is 9.09. The summed E-state index contributed by atoms with van der Waals surface area (Å²) in [5, 5.41) is 0. The third-order valence-electron chi connectivity index (χ3n) is 5.26. The van der Waals surface area contributed by atoms with Crippen molar-refractivity contribution in [1.82, 2.24) is 4.90 Å². The molecule has 0 aliphatic carbocycles. The van der Waals surface area contributed by atoms with Gasteiger partial charge in [0.05, 0.1) is 12.1 Å². The molecule has 3 aliphatic rings. The zero-order valence-corrected chi connectivity index (χ0v) is 12.3. The van der Waals surface area contributed by atoms with Gasteiger partial charge in [-0.3, -0.25) is 4.79 Å². The highest BCUT2D eigenvalue weighted by molar-refractivity contribution is 6.79. The van der Waals surface area contributed by atoms with Crippen molar-refractivity contribution in [3.05, 3.63) is 0 Å². The molecule has 3 saturated heterocycles. The van der Waals surface area contributed by atoms with Gasteiger partial charge in [-0.05, 0) is 17.5 Å². The number of carbonyl (C=O) groups excluding carboxylic acids is 1. The average Bonchev–Trinajstić information content (AvgIpc) is 2.83. The van der Waals surface area contributed by atoms with Crippen LogP contribution < -0.4 is 0 Å². The maximum atomic E-state index is 12.1. The fraction of sp³-hybridized carbons (Fsp3) is 0.923. The Labute approximate surface area is 105 Å². The van der Waals surface area contributed by atoms with E-state index in [0.29, 0.717) is 34.7 Å². The van der Waals surface area contributed by atoms with Crippen molar-refractivity contribution in [2.45, 2.75) is 69.3 Å². The van der Waals surface area contributed by atoms with Gasteiger partial charge < -0.3 is 9.33 Å². The average molecular weight is 253 g/mol. The van der Waals surface area contributed by atoms with Gasteiger partial charge in [0.15, 0.2) is 0 Å². The van der Waals surface area contributed by atoms with E-state index in [4.69, 9.17) is 4.43 Å². The number of rotatable bonds is 2. The van der Waals surface area contributed by atoms with Crippen molar-refractivity contribution in [2.75, 3.05) is 6.54 Å². The van der Waals surface area contributed by atoms with Crippen molar-refractivity contribution < 1.29 is 9.22 Å². The molecule has 3 aliphatic heterocycles. The summed E-state index contributed by atoms with van der Waals surface area (Å²) in [6.45, 7) is 10.2. The van der Waals surface area contributed by atoms with E-state index in [9.17, 15) is 4.79 Å². The summed E-state index contributed by atoms with van der Waals surface area (Å²) >= 11 is 0. The van der Waals surface area contributed by atoms with E-state index < -0.39 is 8.32 Å². The van der Waals surface area contributed by atoms with Gasteiger partial charge in [0.1, 0.15) is 0 Å². The number of nitrogens with zero attached hydrogens (tertiary/aromatic N) is 1. The van der Waals surface area contributed by atoms with Gasteiger partial charge >= 0.3 is 0 Å². The molecule has 0 N–H and O–H groups in total.